The Morgan fingerprint density at radius 1 is 1.04 bits per heavy atom. The normalized spacial score (nSPS) is 10.9. The van der Waals surface area contributed by atoms with E-state index in [1.807, 2.05) is 6.07 Å². The molecular formula is C19H13N3O3. The molecule has 0 amide bonds. The van der Waals surface area contributed by atoms with Crippen LogP contribution in [0.15, 0.2) is 65.7 Å². The zero-order valence-electron chi connectivity index (χ0n) is 13.0. The zero-order valence-corrected chi connectivity index (χ0v) is 13.0. The number of hydrogen-bond donors (Lipinski definition) is 3. The van der Waals surface area contributed by atoms with Crippen molar-refractivity contribution in [1.82, 2.24) is 15.0 Å². The Bertz CT molecular complexity index is 1140. The molecule has 0 aliphatic rings. The van der Waals surface area contributed by atoms with E-state index < -0.39 is 0 Å². The number of phenols is 1. The number of aromatic nitrogens is 3. The molecule has 0 aliphatic carbocycles. The maximum atomic E-state index is 13.0. The predicted molar refractivity (Wildman–Crippen MR) is 93.7 cm³/mol. The third-order valence-corrected chi connectivity index (χ3v) is 3.99. The summed E-state index contributed by atoms with van der Waals surface area (Å²) >= 11 is 0. The second-order valence-electron chi connectivity index (χ2n) is 5.58. The molecule has 4 aromatic rings. The third kappa shape index (κ3) is 2.49. The van der Waals surface area contributed by atoms with Gasteiger partial charge in [0.2, 0.25) is 5.78 Å². The minimum absolute atomic E-state index is 0.0466. The molecule has 6 nitrogen and oxygen atoms in total. The summed E-state index contributed by atoms with van der Waals surface area (Å²) in [6, 6.07) is 15.2. The largest absolute Gasteiger partial charge is 0.508 e. The monoisotopic (exact) mass is 331 g/mol. The number of rotatable bonds is 3. The Labute approximate surface area is 141 Å². The number of H-pyrrole nitrogens is 2. The van der Waals surface area contributed by atoms with Crippen LogP contribution >= 0.6 is 0 Å². The van der Waals surface area contributed by atoms with Gasteiger partial charge in [-0.3, -0.25) is 9.59 Å². The van der Waals surface area contributed by atoms with E-state index in [9.17, 15) is 14.7 Å². The number of ketones is 1. The number of carbonyl (C=O) groups is 1. The average molecular weight is 331 g/mol. The molecule has 6 heteroatoms. The molecule has 3 N–H and O–H groups in total. The molecule has 2 aromatic heterocycles. The quantitative estimate of drug-likeness (QED) is 0.503. The average Bonchev–Trinajstić information content (AvgIpc) is 3.03. The van der Waals surface area contributed by atoms with E-state index in [-0.39, 0.29) is 28.2 Å². The van der Waals surface area contributed by atoms with Gasteiger partial charge in [0.25, 0.3) is 5.56 Å². The van der Waals surface area contributed by atoms with Crippen molar-refractivity contribution >= 4 is 16.8 Å². The second kappa shape index (κ2) is 5.76. The van der Waals surface area contributed by atoms with Gasteiger partial charge in [0.05, 0.1) is 17.4 Å². The van der Waals surface area contributed by atoms with Crippen molar-refractivity contribution in [3.63, 3.8) is 0 Å². The van der Waals surface area contributed by atoms with E-state index in [1.54, 1.807) is 36.4 Å². The Hall–Kier alpha value is -3.67. The first-order chi connectivity index (χ1) is 12.1. The lowest BCUT2D eigenvalue weighted by atomic mass is 9.98. The predicted octanol–water partition coefficient (Wildman–Crippen LogP) is 2.85. The van der Waals surface area contributed by atoms with Crippen LogP contribution in [0.5, 0.6) is 5.75 Å². The lowest BCUT2D eigenvalue weighted by Gasteiger charge is -2.05. The summed E-state index contributed by atoms with van der Waals surface area (Å²) in [7, 11) is 0. The van der Waals surface area contributed by atoms with Crippen molar-refractivity contribution in [2.24, 2.45) is 0 Å². The van der Waals surface area contributed by atoms with Crippen molar-refractivity contribution < 1.29 is 9.90 Å². The number of fused-ring (bicyclic) bond motifs is 1. The summed E-state index contributed by atoms with van der Waals surface area (Å²) in [5.74, 6) is -0.207. The van der Waals surface area contributed by atoms with Gasteiger partial charge in [0.1, 0.15) is 11.4 Å². The van der Waals surface area contributed by atoms with Gasteiger partial charge in [-0.15, -0.1) is 0 Å². The number of hydrogen-bond acceptors (Lipinski definition) is 4. The van der Waals surface area contributed by atoms with Gasteiger partial charge in [-0.1, -0.05) is 42.5 Å². The van der Waals surface area contributed by atoms with Crippen molar-refractivity contribution in [2.45, 2.75) is 0 Å². The smallest absolute Gasteiger partial charge is 0.260 e. The van der Waals surface area contributed by atoms with Crippen molar-refractivity contribution in [3.05, 3.63) is 82.5 Å². The molecule has 0 bridgehead atoms. The summed E-state index contributed by atoms with van der Waals surface area (Å²) in [5, 5.41) is 10.1. The lowest BCUT2D eigenvalue weighted by molar-refractivity contribution is 0.103. The van der Waals surface area contributed by atoms with Gasteiger partial charge >= 0.3 is 0 Å². The summed E-state index contributed by atoms with van der Waals surface area (Å²) < 4.78 is 0. The Kier molecular flexibility index (Phi) is 3.43. The van der Waals surface area contributed by atoms with Crippen LogP contribution in [-0.4, -0.2) is 25.8 Å². The van der Waals surface area contributed by atoms with Gasteiger partial charge in [-0.05, 0) is 17.7 Å². The first-order valence-corrected chi connectivity index (χ1v) is 7.63. The Morgan fingerprint density at radius 3 is 2.60 bits per heavy atom. The number of aromatic hydroxyl groups is 1. The highest BCUT2D eigenvalue weighted by Gasteiger charge is 2.23. The Morgan fingerprint density at radius 2 is 1.84 bits per heavy atom. The molecule has 0 saturated heterocycles. The van der Waals surface area contributed by atoms with Crippen LogP contribution in [0.3, 0.4) is 0 Å². The van der Waals surface area contributed by atoms with Crippen LogP contribution in [0, 0.1) is 0 Å². The molecule has 0 aliphatic heterocycles. The highest BCUT2D eigenvalue weighted by Crippen LogP contribution is 2.32. The van der Waals surface area contributed by atoms with Gasteiger partial charge in [0.15, 0.2) is 0 Å². The SMILES string of the molecule is O=C(c1ccccc1)c1[nH]c2nc[nH]c(=O)c2c1-c1cccc(O)c1. The van der Waals surface area contributed by atoms with E-state index in [0.29, 0.717) is 22.3 Å². The highest BCUT2D eigenvalue weighted by atomic mass is 16.3. The first-order valence-electron chi connectivity index (χ1n) is 7.63. The van der Waals surface area contributed by atoms with E-state index in [0.717, 1.165) is 0 Å². The molecule has 0 saturated carbocycles. The lowest BCUT2D eigenvalue weighted by Crippen LogP contribution is -2.06. The van der Waals surface area contributed by atoms with E-state index in [4.69, 9.17) is 0 Å². The van der Waals surface area contributed by atoms with Gasteiger partial charge in [0, 0.05) is 11.1 Å². The number of phenolic OH excluding ortho intramolecular Hbond substituents is 1. The summed E-state index contributed by atoms with van der Waals surface area (Å²) in [6.07, 6.45) is 1.28. The first kappa shape index (κ1) is 14.9. The molecule has 2 aromatic carbocycles. The standard InChI is InChI=1S/C19H13N3O3/c23-13-8-4-7-12(9-13)14-15-18(20-10-21-19(15)25)22-16(14)17(24)11-5-2-1-3-6-11/h1-10,23H,(H2,20,21,22,25). The fourth-order valence-electron chi connectivity index (χ4n) is 2.89. The fraction of sp³-hybridized carbons (Fsp3) is 0. The number of aromatic amines is 2. The van der Waals surface area contributed by atoms with Crippen molar-refractivity contribution in [2.75, 3.05) is 0 Å². The summed E-state index contributed by atoms with van der Waals surface area (Å²) in [5.41, 5.74) is 1.70. The number of carbonyl (C=O) groups excluding carboxylic acids is 1. The second-order valence-corrected chi connectivity index (χ2v) is 5.58. The van der Waals surface area contributed by atoms with Crippen LogP contribution in [0.25, 0.3) is 22.2 Å². The fourth-order valence-corrected chi connectivity index (χ4v) is 2.89. The van der Waals surface area contributed by atoms with E-state index in [1.165, 1.54) is 18.5 Å². The molecule has 0 fully saturated rings. The topological polar surface area (TPSA) is 98.8 Å². The van der Waals surface area contributed by atoms with Gasteiger partial charge in [-0.2, -0.15) is 0 Å². The molecule has 2 heterocycles. The Balaban J connectivity index is 2.05. The number of nitrogens with zero attached hydrogens (tertiary/aromatic N) is 1. The van der Waals surface area contributed by atoms with Gasteiger partial charge in [-0.25, -0.2) is 4.98 Å². The molecule has 25 heavy (non-hydrogen) atoms. The van der Waals surface area contributed by atoms with Crippen LogP contribution in [0.2, 0.25) is 0 Å². The molecule has 0 radical (unpaired) electrons. The van der Waals surface area contributed by atoms with E-state index in [2.05, 4.69) is 15.0 Å². The molecule has 0 atom stereocenters. The zero-order chi connectivity index (χ0) is 17.4. The maximum absolute atomic E-state index is 13.0. The molecule has 0 spiro atoms. The van der Waals surface area contributed by atoms with Crippen LogP contribution in [-0.2, 0) is 0 Å². The van der Waals surface area contributed by atoms with Crippen LogP contribution < -0.4 is 5.56 Å². The number of nitrogens with one attached hydrogen (secondary N) is 2. The van der Waals surface area contributed by atoms with Crippen LogP contribution in [0.1, 0.15) is 16.1 Å². The van der Waals surface area contributed by atoms with Crippen molar-refractivity contribution in [3.8, 4) is 16.9 Å². The minimum Gasteiger partial charge on any atom is -0.508 e. The maximum Gasteiger partial charge on any atom is 0.260 e. The van der Waals surface area contributed by atoms with Crippen molar-refractivity contribution in [1.29, 1.82) is 0 Å². The molecular weight excluding hydrogens is 318 g/mol. The third-order valence-electron chi connectivity index (χ3n) is 3.99. The summed E-state index contributed by atoms with van der Waals surface area (Å²) in [4.78, 5) is 34.9. The molecule has 4 rings (SSSR count). The minimum atomic E-state index is -0.355. The molecule has 0 unspecified atom stereocenters. The van der Waals surface area contributed by atoms with E-state index >= 15 is 0 Å². The number of benzene rings is 2. The molecule has 122 valence electrons. The highest BCUT2D eigenvalue weighted by molar-refractivity contribution is 6.16. The summed E-state index contributed by atoms with van der Waals surface area (Å²) in [6.45, 7) is 0. The van der Waals surface area contributed by atoms with Crippen LogP contribution in [0.4, 0.5) is 0 Å². The van der Waals surface area contributed by atoms with Gasteiger partial charge < -0.3 is 15.1 Å².